The highest BCUT2D eigenvalue weighted by Crippen LogP contribution is 2.32. The van der Waals surface area contributed by atoms with Crippen LogP contribution in [0.5, 0.6) is 0 Å². The minimum Gasteiger partial charge on any atom is -0.383 e. The summed E-state index contributed by atoms with van der Waals surface area (Å²) < 4.78 is 30.6. The van der Waals surface area contributed by atoms with Gasteiger partial charge in [0.15, 0.2) is 0 Å². The highest BCUT2D eigenvalue weighted by molar-refractivity contribution is 7.90. The summed E-state index contributed by atoms with van der Waals surface area (Å²) in [4.78, 5) is 23.1. The molecule has 1 saturated heterocycles. The molecule has 2 aliphatic rings. The van der Waals surface area contributed by atoms with Crippen molar-refractivity contribution < 1.29 is 22.7 Å². The zero-order valence-corrected chi connectivity index (χ0v) is 14.2. The van der Waals surface area contributed by atoms with E-state index < -0.39 is 21.8 Å². The summed E-state index contributed by atoms with van der Waals surface area (Å²) in [6.07, 6.45) is 2.96. The molecule has 23 heavy (non-hydrogen) atoms. The molecule has 0 radical (unpaired) electrons. The molecular weight excluding hydrogens is 322 g/mol. The third kappa shape index (κ3) is 5.15. The minimum absolute atomic E-state index is 0.172. The van der Waals surface area contributed by atoms with Gasteiger partial charge in [0.2, 0.25) is 10.0 Å². The molecule has 0 aromatic heterocycles. The Bertz CT molecular complexity index is 525. The van der Waals surface area contributed by atoms with E-state index in [1.54, 1.807) is 4.31 Å². The van der Waals surface area contributed by atoms with E-state index in [2.05, 4.69) is 10.6 Å². The monoisotopic (exact) mass is 347 g/mol. The van der Waals surface area contributed by atoms with Gasteiger partial charge in [0, 0.05) is 33.3 Å². The van der Waals surface area contributed by atoms with Gasteiger partial charge >= 0.3 is 11.8 Å². The molecule has 132 valence electrons. The number of nitrogens with one attached hydrogen (secondary N) is 2. The van der Waals surface area contributed by atoms with Crippen LogP contribution in [0.1, 0.15) is 25.7 Å². The first kappa shape index (κ1) is 18.2. The molecule has 1 aliphatic carbocycles. The number of carbonyl (C=O) groups is 2. The lowest BCUT2D eigenvalue weighted by molar-refractivity contribution is -0.139. The van der Waals surface area contributed by atoms with E-state index in [9.17, 15) is 18.0 Å². The Morgan fingerprint density at radius 2 is 1.70 bits per heavy atom. The van der Waals surface area contributed by atoms with E-state index in [-0.39, 0.29) is 11.2 Å². The van der Waals surface area contributed by atoms with Crippen LogP contribution < -0.4 is 10.6 Å². The second kappa shape index (κ2) is 8.07. The molecule has 2 fully saturated rings. The van der Waals surface area contributed by atoms with Gasteiger partial charge in [-0.1, -0.05) is 0 Å². The highest BCUT2D eigenvalue weighted by Gasteiger charge is 2.41. The molecule has 2 amide bonds. The number of hydrogen-bond donors (Lipinski definition) is 2. The summed E-state index contributed by atoms with van der Waals surface area (Å²) in [6.45, 7) is 2.04. The standard InChI is InChI=1S/C14H25N3O5S/c1-22-9-6-15-13(18)14(19)16-10-11-4-7-17(8-5-11)23(20,21)12-2-3-12/h11-12H,2-10H2,1H3,(H,15,18)(H,16,19). The molecule has 0 atom stereocenters. The number of ether oxygens (including phenoxy) is 1. The molecule has 0 unspecified atom stereocenters. The zero-order valence-electron chi connectivity index (χ0n) is 13.4. The number of piperidine rings is 1. The lowest BCUT2D eigenvalue weighted by Crippen LogP contribution is -2.45. The lowest BCUT2D eigenvalue weighted by Gasteiger charge is -2.31. The summed E-state index contributed by atoms with van der Waals surface area (Å²) in [5.74, 6) is -1.12. The number of sulfonamides is 1. The van der Waals surface area contributed by atoms with E-state index >= 15 is 0 Å². The van der Waals surface area contributed by atoms with Crippen LogP contribution in [0.25, 0.3) is 0 Å². The largest absolute Gasteiger partial charge is 0.383 e. The van der Waals surface area contributed by atoms with E-state index in [4.69, 9.17) is 4.74 Å². The molecule has 0 aromatic carbocycles. The van der Waals surface area contributed by atoms with Gasteiger partial charge in [-0.25, -0.2) is 12.7 Å². The van der Waals surface area contributed by atoms with Gasteiger partial charge < -0.3 is 15.4 Å². The average Bonchev–Trinajstić information content (AvgIpc) is 3.38. The molecule has 0 spiro atoms. The third-order valence-electron chi connectivity index (χ3n) is 4.23. The topological polar surface area (TPSA) is 105 Å². The van der Waals surface area contributed by atoms with Crippen molar-refractivity contribution >= 4 is 21.8 Å². The first-order valence-electron chi connectivity index (χ1n) is 7.99. The number of rotatable bonds is 7. The molecule has 2 N–H and O–H groups in total. The van der Waals surface area contributed by atoms with Crippen molar-refractivity contribution in [1.29, 1.82) is 0 Å². The van der Waals surface area contributed by atoms with E-state index in [0.29, 0.717) is 45.6 Å². The van der Waals surface area contributed by atoms with Crippen molar-refractivity contribution in [3.05, 3.63) is 0 Å². The van der Waals surface area contributed by atoms with Crippen LogP contribution in [0.4, 0.5) is 0 Å². The van der Waals surface area contributed by atoms with E-state index in [0.717, 1.165) is 12.8 Å². The first-order chi connectivity index (χ1) is 10.9. The minimum atomic E-state index is -3.10. The van der Waals surface area contributed by atoms with Gasteiger partial charge in [-0.3, -0.25) is 9.59 Å². The second-order valence-electron chi connectivity index (χ2n) is 6.05. The number of carbonyl (C=O) groups excluding carboxylic acids is 2. The predicted molar refractivity (Wildman–Crippen MR) is 84.1 cm³/mol. The Kier molecular flexibility index (Phi) is 6.37. The van der Waals surface area contributed by atoms with Crippen molar-refractivity contribution in [2.75, 3.05) is 39.9 Å². The van der Waals surface area contributed by atoms with Crippen LogP contribution in [0, 0.1) is 5.92 Å². The first-order valence-corrected chi connectivity index (χ1v) is 9.49. The number of methoxy groups -OCH3 is 1. The Labute approximate surface area is 137 Å². The van der Waals surface area contributed by atoms with Crippen LogP contribution in [-0.2, 0) is 24.3 Å². The lowest BCUT2D eigenvalue weighted by atomic mass is 9.98. The normalized spacial score (nSPS) is 20.2. The van der Waals surface area contributed by atoms with Gasteiger partial charge in [0.05, 0.1) is 11.9 Å². The Morgan fingerprint density at radius 3 is 2.26 bits per heavy atom. The summed E-state index contributed by atoms with van der Waals surface area (Å²) in [5.41, 5.74) is 0. The van der Waals surface area contributed by atoms with Crippen LogP contribution in [0.15, 0.2) is 0 Å². The fraction of sp³-hybridized carbons (Fsp3) is 0.857. The molecule has 1 saturated carbocycles. The van der Waals surface area contributed by atoms with Crippen molar-refractivity contribution in [1.82, 2.24) is 14.9 Å². The molecule has 1 aliphatic heterocycles. The van der Waals surface area contributed by atoms with Gasteiger partial charge in [0.25, 0.3) is 0 Å². The second-order valence-corrected chi connectivity index (χ2v) is 8.26. The van der Waals surface area contributed by atoms with E-state index in [1.807, 2.05) is 0 Å². The van der Waals surface area contributed by atoms with Crippen LogP contribution in [0.3, 0.4) is 0 Å². The predicted octanol–water partition coefficient (Wildman–Crippen LogP) is -0.931. The molecule has 2 rings (SSSR count). The smallest absolute Gasteiger partial charge is 0.309 e. The maximum atomic E-state index is 12.1. The maximum Gasteiger partial charge on any atom is 0.309 e. The van der Waals surface area contributed by atoms with Crippen LogP contribution in [0.2, 0.25) is 0 Å². The van der Waals surface area contributed by atoms with Crippen molar-refractivity contribution in [2.24, 2.45) is 5.92 Å². The van der Waals surface area contributed by atoms with Gasteiger partial charge in [-0.15, -0.1) is 0 Å². The Morgan fingerprint density at radius 1 is 1.09 bits per heavy atom. The fourth-order valence-electron chi connectivity index (χ4n) is 2.61. The van der Waals surface area contributed by atoms with Gasteiger partial charge in [-0.2, -0.15) is 0 Å². The summed E-state index contributed by atoms with van der Waals surface area (Å²) in [6, 6.07) is 0. The third-order valence-corrected chi connectivity index (χ3v) is 6.63. The number of amides is 2. The fourth-order valence-corrected chi connectivity index (χ4v) is 4.48. The molecular formula is C14H25N3O5S. The zero-order chi connectivity index (χ0) is 16.9. The molecule has 1 heterocycles. The quantitative estimate of drug-likeness (QED) is 0.457. The van der Waals surface area contributed by atoms with Crippen LogP contribution in [-0.4, -0.2) is 69.7 Å². The molecule has 0 aromatic rings. The van der Waals surface area contributed by atoms with Crippen molar-refractivity contribution in [2.45, 2.75) is 30.9 Å². The summed E-state index contributed by atoms with van der Waals surface area (Å²) in [5, 5.41) is 4.89. The summed E-state index contributed by atoms with van der Waals surface area (Å²) >= 11 is 0. The highest BCUT2D eigenvalue weighted by atomic mass is 32.2. The molecule has 9 heteroatoms. The maximum absolute atomic E-state index is 12.1. The van der Waals surface area contributed by atoms with Gasteiger partial charge in [-0.05, 0) is 31.6 Å². The van der Waals surface area contributed by atoms with Crippen LogP contribution >= 0.6 is 0 Å². The summed E-state index contributed by atoms with van der Waals surface area (Å²) in [7, 11) is -1.58. The van der Waals surface area contributed by atoms with Crippen molar-refractivity contribution in [3.8, 4) is 0 Å². The van der Waals surface area contributed by atoms with E-state index in [1.165, 1.54) is 7.11 Å². The SMILES string of the molecule is COCCNC(=O)C(=O)NCC1CCN(S(=O)(=O)C2CC2)CC1. The molecule has 8 nitrogen and oxygen atoms in total. The Hall–Kier alpha value is -1.19. The molecule has 0 bridgehead atoms. The number of nitrogens with zero attached hydrogens (tertiary/aromatic N) is 1. The average molecular weight is 347 g/mol. The van der Waals surface area contributed by atoms with Crippen molar-refractivity contribution in [3.63, 3.8) is 0 Å². The Balaban J connectivity index is 1.66. The van der Waals surface area contributed by atoms with Gasteiger partial charge in [0.1, 0.15) is 0 Å². The number of hydrogen-bond acceptors (Lipinski definition) is 5.